The maximum Gasteiger partial charge on any atom is 0.148 e. The van der Waals surface area contributed by atoms with Crippen LogP contribution >= 0.6 is 0 Å². The lowest BCUT2D eigenvalue weighted by Crippen LogP contribution is -2.23. The van der Waals surface area contributed by atoms with E-state index in [1.165, 1.54) is 0 Å². The summed E-state index contributed by atoms with van der Waals surface area (Å²) in [5.74, 6) is 1.29. The Balaban J connectivity index is 2.72. The van der Waals surface area contributed by atoms with E-state index in [1.807, 2.05) is 11.6 Å². The molecule has 0 aromatic carbocycles. The van der Waals surface area contributed by atoms with Crippen LogP contribution in [0.5, 0.6) is 0 Å². The minimum absolute atomic E-state index is 0.241. The van der Waals surface area contributed by atoms with Crippen molar-refractivity contribution in [3.63, 3.8) is 0 Å². The van der Waals surface area contributed by atoms with Gasteiger partial charge in [0.15, 0.2) is 0 Å². The van der Waals surface area contributed by atoms with Crippen LogP contribution in [0.3, 0.4) is 0 Å². The molecule has 0 amide bonds. The summed E-state index contributed by atoms with van der Waals surface area (Å²) in [6.45, 7) is 10.7. The van der Waals surface area contributed by atoms with Crippen LogP contribution in [-0.4, -0.2) is 27.5 Å². The molecule has 104 valence electrons. The zero-order valence-corrected chi connectivity index (χ0v) is 12.1. The van der Waals surface area contributed by atoms with Crippen molar-refractivity contribution in [2.24, 2.45) is 5.92 Å². The largest absolute Gasteiger partial charge is 0.394 e. The van der Waals surface area contributed by atoms with Crippen LogP contribution in [0, 0.1) is 12.8 Å². The van der Waals surface area contributed by atoms with Gasteiger partial charge in [-0.25, -0.2) is 4.68 Å². The lowest BCUT2D eigenvalue weighted by Gasteiger charge is -2.17. The maximum atomic E-state index is 9.88. The SMILES string of the molecule is Cc1nn(C(C)C)c(NCC(O)CC(C)C)c1N. The number of hydrogen-bond acceptors (Lipinski definition) is 4. The molecule has 5 heteroatoms. The zero-order valence-electron chi connectivity index (χ0n) is 12.1. The Kier molecular flexibility index (Phi) is 5.02. The molecule has 0 fully saturated rings. The minimum atomic E-state index is -0.361. The Morgan fingerprint density at radius 2 is 1.94 bits per heavy atom. The van der Waals surface area contributed by atoms with Crippen molar-refractivity contribution in [2.75, 3.05) is 17.6 Å². The fraction of sp³-hybridized carbons (Fsp3) is 0.769. The highest BCUT2D eigenvalue weighted by molar-refractivity contribution is 5.64. The number of nitrogens with two attached hydrogens (primary N) is 1. The van der Waals surface area contributed by atoms with Gasteiger partial charge in [-0.15, -0.1) is 0 Å². The van der Waals surface area contributed by atoms with Crippen LogP contribution < -0.4 is 11.1 Å². The number of rotatable bonds is 6. The van der Waals surface area contributed by atoms with Crippen molar-refractivity contribution >= 4 is 11.5 Å². The van der Waals surface area contributed by atoms with E-state index in [4.69, 9.17) is 5.73 Å². The van der Waals surface area contributed by atoms with Crippen LogP contribution in [0.2, 0.25) is 0 Å². The molecule has 1 aromatic rings. The highest BCUT2D eigenvalue weighted by atomic mass is 16.3. The smallest absolute Gasteiger partial charge is 0.148 e. The van der Waals surface area contributed by atoms with Gasteiger partial charge in [-0.05, 0) is 33.1 Å². The molecular formula is C13H26N4O. The number of aliphatic hydroxyl groups is 1. The molecule has 1 atom stereocenters. The summed E-state index contributed by atoms with van der Waals surface area (Å²) in [5.41, 5.74) is 7.49. The topological polar surface area (TPSA) is 76.1 Å². The summed E-state index contributed by atoms with van der Waals surface area (Å²) < 4.78 is 1.87. The Bertz CT molecular complexity index is 385. The molecule has 4 N–H and O–H groups in total. The van der Waals surface area contributed by atoms with Crippen LogP contribution in [0.4, 0.5) is 11.5 Å². The first-order chi connectivity index (χ1) is 8.32. The molecule has 1 heterocycles. The summed E-state index contributed by atoms with van der Waals surface area (Å²) >= 11 is 0. The average Bonchev–Trinajstić information content (AvgIpc) is 2.52. The number of nitrogen functional groups attached to an aromatic ring is 1. The van der Waals surface area contributed by atoms with E-state index in [0.29, 0.717) is 18.2 Å². The molecule has 1 rings (SSSR count). The Labute approximate surface area is 109 Å². The minimum Gasteiger partial charge on any atom is -0.394 e. The lowest BCUT2D eigenvalue weighted by atomic mass is 10.1. The van der Waals surface area contributed by atoms with Gasteiger partial charge in [-0.2, -0.15) is 5.10 Å². The third-order valence-electron chi connectivity index (χ3n) is 2.87. The molecule has 5 nitrogen and oxygen atoms in total. The standard InChI is InChI=1S/C13H26N4O/c1-8(2)6-11(18)7-15-13-12(14)10(5)16-17(13)9(3)4/h8-9,11,15,18H,6-7,14H2,1-5H3. The third-order valence-corrected chi connectivity index (χ3v) is 2.87. The number of hydrogen-bond donors (Lipinski definition) is 3. The maximum absolute atomic E-state index is 9.88. The molecule has 0 radical (unpaired) electrons. The number of aryl methyl sites for hydroxylation is 1. The van der Waals surface area contributed by atoms with Gasteiger partial charge >= 0.3 is 0 Å². The number of nitrogens with one attached hydrogen (secondary N) is 1. The van der Waals surface area contributed by atoms with E-state index in [1.54, 1.807) is 0 Å². The number of aromatic nitrogens is 2. The van der Waals surface area contributed by atoms with E-state index >= 15 is 0 Å². The van der Waals surface area contributed by atoms with Gasteiger partial charge in [0.1, 0.15) is 5.82 Å². The Hall–Kier alpha value is -1.23. The van der Waals surface area contributed by atoms with Crippen molar-refractivity contribution in [3.8, 4) is 0 Å². The molecule has 1 aromatic heterocycles. The van der Waals surface area contributed by atoms with Gasteiger partial charge in [0.2, 0.25) is 0 Å². The monoisotopic (exact) mass is 254 g/mol. The third kappa shape index (κ3) is 3.63. The van der Waals surface area contributed by atoms with E-state index in [2.05, 4.69) is 38.1 Å². The van der Waals surface area contributed by atoms with E-state index in [-0.39, 0.29) is 12.1 Å². The summed E-state index contributed by atoms with van der Waals surface area (Å²) in [6, 6.07) is 0.241. The normalized spacial score (nSPS) is 13.3. The first-order valence-corrected chi connectivity index (χ1v) is 6.59. The highest BCUT2D eigenvalue weighted by Gasteiger charge is 2.15. The Morgan fingerprint density at radius 3 is 2.44 bits per heavy atom. The number of nitrogens with zero attached hydrogens (tertiary/aromatic N) is 2. The predicted molar refractivity (Wildman–Crippen MR) is 75.7 cm³/mol. The second kappa shape index (κ2) is 6.09. The molecule has 0 aliphatic rings. The molecule has 0 aliphatic carbocycles. The lowest BCUT2D eigenvalue weighted by molar-refractivity contribution is 0.161. The summed E-state index contributed by atoms with van der Waals surface area (Å²) in [6.07, 6.45) is 0.419. The molecule has 1 unspecified atom stereocenters. The van der Waals surface area contributed by atoms with Crippen LogP contribution in [0.25, 0.3) is 0 Å². The fourth-order valence-electron chi connectivity index (χ4n) is 1.95. The van der Waals surface area contributed by atoms with Crippen molar-refractivity contribution in [1.82, 2.24) is 9.78 Å². The molecule has 0 aliphatic heterocycles. The van der Waals surface area contributed by atoms with Crippen LogP contribution in [0.1, 0.15) is 45.9 Å². The van der Waals surface area contributed by atoms with Crippen molar-refractivity contribution < 1.29 is 5.11 Å². The van der Waals surface area contributed by atoms with Gasteiger partial charge in [-0.1, -0.05) is 13.8 Å². The number of anilines is 2. The van der Waals surface area contributed by atoms with Crippen LogP contribution in [-0.2, 0) is 0 Å². The van der Waals surface area contributed by atoms with Gasteiger partial charge in [0.05, 0.1) is 17.5 Å². The molecule has 0 saturated heterocycles. The highest BCUT2D eigenvalue weighted by Crippen LogP contribution is 2.25. The van der Waals surface area contributed by atoms with E-state index in [0.717, 1.165) is 17.9 Å². The second-order valence-corrected chi connectivity index (χ2v) is 5.55. The van der Waals surface area contributed by atoms with Crippen molar-refractivity contribution in [1.29, 1.82) is 0 Å². The predicted octanol–water partition coefficient (Wildman–Crippen LogP) is 2.17. The van der Waals surface area contributed by atoms with Crippen molar-refractivity contribution in [3.05, 3.63) is 5.69 Å². The van der Waals surface area contributed by atoms with Gasteiger partial charge in [0, 0.05) is 12.6 Å². The van der Waals surface area contributed by atoms with Gasteiger partial charge < -0.3 is 16.2 Å². The first-order valence-electron chi connectivity index (χ1n) is 6.59. The van der Waals surface area contributed by atoms with Gasteiger partial charge in [-0.3, -0.25) is 0 Å². The molecular weight excluding hydrogens is 228 g/mol. The summed E-state index contributed by atoms with van der Waals surface area (Å²) in [5, 5.41) is 17.5. The molecule has 18 heavy (non-hydrogen) atoms. The molecule has 0 spiro atoms. The van der Waals surface area contributed by atoms with Crippen LogP contribution in [0.15, 0.2) is 0 Å². The number of aliphatic hydroxyl groups excluding tert-OH is 1. The van der Waals surface area contributed by atoms with E-state index < -0.39 is 0 Å². The molecule has 0 bridgehead atoms. The average molecular weight is 254 g/mol. The second-order valence-electron chi connectivity index (χ2n) is 5.55. The van der Waals surface area contributed by atoms with Crippen molar-refractivity contribution in [2.45, 2.75) is 53.2 Å². The summed E-state index contributed by atoms with van der Waals surface area (Å²) in [7, 11) is 0. The fourth-order valence-corrected chi connectivity index (χ4v) is 1.95. The molecule has 0 saturated carbocycles. The quantitative estimate of drug-likeness (QED) is 0.727. The van der Waals surface area contributed by atoms with Gasteiger partial charge in [0.25, 0.3) is 0 Å². The Morgan fingerprint density at radius 1 is 1.33 bits per heavy atom. The summed E-state index contributed by atoms with van der Waals surface area (Å²) in [4.78, 5) is 0. The first kappa shape index (κ1) is 14.8. The van der Waals surface area contributed by atoms with E-state index in [9.17, 15) is 5.11 Å². The zero-order chi connectivity index (χ0) is 13.9.